The van der Waals surface area contributed by atoms with Crippen LogP contribution in [0.15, 0.2) is 30.5 Å². The standard InChI is InChI=1S/C18H20N6O3/c1-3-16(25)22-12-10-20-24-15(19-2)9-14(23-18(12)24)21-11-5-4-6-13-17(11)27-8-7-26-13/h4-6,9-10,19H,3,7-8H2,1-2H3,(H,21,23)(H,22,25). The number of amides is 1. The molecule has 1 aliphatic rings. The van der Waals surface area contributed by atoms with Crippen LogP contribution in [0.3, 0.4) is 0 Å². The molecule has 27 heavy (non-hydrogen) atoms. The number of hydrogen-bond donors (Lipinski definition) is 3. The fraction of sp³-hybridized carbons (Fsp3) is 0.278. The second kappa shape index (κ2) is 7.02. The van der Waals surface area contributed by atoms with Crippen molar-refractivity contribution >= 4 is 34.6 Å². The number of carbonyl (C=O) groups is 1. The third-order valence-corrected chi connectivity index (χ3v) is 4.15. The monoisotopic (exact) mass is 368 g/mol. The van der Waals surface area contributed by atoms with E-state index in [1.807, 2.05) is 24.3 Å². The van der Waals surface area contributed by atoms with Gasteiger partial charge in [0.2, 0.25) is 5.91 Å². The van der Waals surface area contributed by atoms with E-state index in [4.69, 9.17) is 9.47 Å². The minimum atomic E-state index is -0.0984. The van der Waals surface area contributed by atoms with Gasteiger partial charge in [-0.25, -0.2) is 4.98 Å². The lowest BCUT2D eigenvalue weighted by Gasteiger charge is -2.21. The third kappa shape index (κ3) is 3.19. The lowest BCUT2D eigenvalue weighted by atomic mass is 10.2. The van der Waals surface area contributed by atoms with E-state index in [0.29, 0.717) is 48.3 Å². The molecule has 4 rings (SSSR count). The molecule has 0 radical (unpaired) electrons. The first kappa shape index (κ1) is 17.0. The molecule has 1 aliphatic heterocycles. The van der Waals surface area contributed by atoms with Crippen molar-refractivity contribution in [1.82, 2.24) is 14.6 Å². The van der Waals surface area contributed by atoms with E-state index in [1.54, 1.807) is 24.7 Å². The average molecular weight is 368 g/mol. The van der Waals surface area contributed by atoms with Crippen LogP contribution in [-0.4, -0.2) is 40.8 Å². The van der Waals surface area contributed by atoms with Crippen LogP contribution in [0.25, 0.3) is 5.65 Å². The van der Waals surface area contributed by atoms with E-state index in [2.05, 4.69) is 26.0 Å². The minimum Gasteiger partial charge on any atom is -0.486 e. The summed E-state index contributed by atoms with van der Waals surface area (Å²) in [6.07, 6.45) is 1.96. The maximum Gasteiger partial charge on any atom is 0.224 e. The van der Waals surface area contributed by atoms with Crippen LogP contribution in [0, 0.1) is 0 Å². The van der Waals surface area contributed by atoms with Crippen molar-refractivity contribution in [2.24, 2.45) is 0 Å². The molecule has 9 heteroatoms. The van der Waals surface area contributed by atoms with Crippen molar-refractivity contribution in [1.29, 1.82) is 0 Å². The molecular weight excluding hydrogens is 348 g/mol. The summed E-state index contributed by atoms with van der Waals surface area (Å²) in [6, 6.07) is 7.48. The molecule has 0 fully saturated rings. The number of ether oxygens (including phenoxy) is 2. The van der Waals surface area contributed by atoms with Gasteiger partial charge in [0.15, 0.2) is 17.1 Å². The Hall–Kier alpha value is -3.49. The Morgan fingerprint density at radius 2 is 2.11 bits per heavy atom. The van der Waals surface area contributed by atoms with Crippen molar-refractivity contribution in [3.63, 3.8) is 0 Å². The molecular formula is C18H20N6O3. The van der Waals surface area contributed by atoms with Gasteiger partial charge in [-0.15, -0.1) is 0 Å². The number of rotatable bonds is 5. The predicted molar refractivity (Wildman–Crippen MR) is 102 cm³/mol. The number of nitrogens with one attached hydrogen (secondary N) is 3. The van der Waals surface area contributed by atoms with Crippen molar-refractivity contribution in [2.75, 3.05) is 36.2 Å². The summed E-state index contributed by atoms with van der Waals surface area (Å²) >= 11 is 0. The molecule has 2 aromatic heterocycles. The topological polar surface area (TPSA) is 102 Å². The zero-order chi connectivity index (χ0) is 18.8. The first-order valence-corrected chi connectivity index (χ1v) is 8.71. The third-order valence-electron chi connectivity index (χ3n) is 4.15. The number of aromatic nitrogens is 3. The molecule has 0 atom stereocenters. The molecule has 0 bridgehead atoms. The summed E-state index contributed by atoms with van der Waals surface area (Å²) in [4.78, 5) is 16.4. The van der Waals surface area contributed by atoms with E-state index in [9.17, 15) is 4.79 Å². The van der Waals surface area contributed by atoms with Crippen LogP contribution in [0.1, 0.15) is 13.3 Å². The van der Waals surface area contributed by atoms with Gasteiger partial charge in [-0.3, -0.25) is 4.79 Å². The van der Waals surface area contributed by atoms with E-state index in [1.165, 1.54) is 0 Å². The number of carbonyl (C=O) groups excluding carboxylic acids is 1. The van der Waals surface area contributed by atoms with E-state index >= 15 is 0 Å². The van der Waals surface area contributed by atoms with E-state index < -0.39 is 0 Å². The summed E-state index contributed by atoms with van der Waals surface area (Å²) in [7, 11) is 1.80. The van der Waals surface area contributed by atoms with Crippen LogP contribution in [-0.2, 0) is 4.79 Å². The highest BCUT2D eigenvalue weighted by molar-refractivity contribution is 5.94. The van der Waals surface area contributed by atoms with Crippen molar-refractivity contribution < 1.29 is 14.3 Å². The molecule has 0 saturated heterocycles. The molecule has 0 spiro atoms. The van der Waals surface area contributed by atoms with E-state index in [-0.39, 0.29) is 5.91 Å². The second-order valence-electron chi connectivity index (χ2n) is 5.93. The molecule has 140 valence electrons. The molecule has 0 aliphatic carbocycles. The molecule has 0 saturated carbocycles. The highest BCUT2D eigenvalue weighted by Gasteiger charge is 2.17. The highest BCUT2D eigenvalue weighted by atomic mass is 16.6. The number of fused-ring (bicyclic) bond motifs is 2. The smallest absolute Gasteiger partial charge is 0.224 e. The van der Waals surface area contributed by atoms with Crippen LogP contribution in [0.4, 0.5) is 23.0 Å². The van der Waals surface area contributed by atoms with Crippen molar-refractivity contribution in [3.05, 3.63) is 30.5 Å². The van der Waals surface area contributed by atoms with Gasteiger partial charge in [0.05, 0.1) is 11.9 Å². The molecule has 1 aromatic carbocycles. The Labute approximate surface area is 155 Å². The first-order valence-electron chi connectivity index (χ1n) is 8.71. The van der Waals surface area contributed by atoms with Crippen LogP contribution < -0.4 is 25.4 Å². The second-order valence-corrected chi connectivity index (χ2v) is 5.93. The Morgan fingerprint density at radius 1 is 1.26 bits per heavy atom. The SMILES string of the molecule is CCC(=O)Nc1cnn2c(NC)cc(Nc3cccc4c3OCCO4)nc12. The van der Waals surface area contributed by atoms with Gasteiger partial charge in [-0.1, -0.05) is 13.0 Å². The summed E-state index contributed by atoms with van der Waals surface area (Å²) in [5.74, 6) is 2.56. The fourth-order valence-electron chi connectivity index (χ4n) is 2.84. The normalized spacial score (nSPS) is 12.7. The lowest BCUT2D eigenvalue weighted by Crippen LogP contribution is -2.16. The Kier molecular flexibility index (Phi) is 4.41. The fourth-order valence-corrected chi connectivity index (χ4v) is 2.84. The van der Waals surface area contributed by atoms with Gasteiger partial charge in [0.25, 0.3) is 0 Å². The van der Waals surface area contributed by atoms with Crippen molar-refractivity contribution in [3.8, 4) is 11.5 Å². The van der Waals surface area contributed by atoms with Gasteiger partial charge in [-0.05, 0) is 12.1 Å². The average Bonchev–Trinajstić information content (AvgIpc) is 3.10. The molecule has 3 heterocycles. The number of para-hydroxylation sites is 1. The maximum absolute atomic E-state index is 11.8. The number of hydrogen-bond acceptors (Lipinski definition) is 7. The van der Waals surface area contributed by atoms with Gasteiger partial charge < -0.3 is 25.4 Å². The Bertz CT molecular complexity index is 1000. The zero-order valence-electron chi connectivity index (χ0n) is 15.1. The summed E-state index contributed by atoms with van der Waals surface area (Å²) < 4.78 is 13.0. The zero-order valence-corrected chi connectivity index (χ0v) is 15.1. The molecule has 3 aromatic rings. The van der Waals surface area contributed by atoms with Crippen LogP contribution in [0.2, 0.25) is 0 Å². The molecule has 9 nitrogen and oxygen atoms in total. The molecule has 0 unspecified atom stereocenters. The van der Waals surface area contributed by atoms with Crippen LogP contribution >= 0.6 is 0 Å². The van der Waals surface area contributed by atoms with Gasteiger partial charge in [0, 0.05) is 19.5 Å². The number of anilines is 4. The van der Waals surface area contributed by atoms with Gasteiger partial charge in [-0.2, -0.15) is 9.61 Å². The first-order chi connectivity index (χ1) is 13.2. The summed E-state index contributed by atoms with van der Waals surface area (Å²) in [5.41, 5.74) is 1.84. The van der Waals surface area contributed by atoms with Crippen molar-refractivity contribution in [2.45, 2.75) is 13.3 Å². The Morgan fingerprint density at radius 3 is 2.93 bits per heavy atom. The quantitative estimate of drug-likeness (QED) is 0.636. The molecule has 3 N–H and O–H groups in total. The number of nitrogens with zero attached hydrogens (tertiary/aromatic N) is 3. The lowest BCUT2D eigenvalue weighted by molar-refractivity contribution is -0.115. The minimum absolute atomic E-state index is 0.0984. The Balaban J connectivity index is 1.74. The number of benzene rings is 1. The van der Waals surface area contributed by atoms with Gasteiger partial charge >= 0.3 is 0 Å². The summed E-state index contributed by atoms with van der Waals surface area (Å²) in [6.45, 7) is 2.82. The van der Waals surface area contributed by atoms with E-state index in [0.717, 1.165) is 11.5 Å². The van der Waals surface area contributed by atoms with Crippen LogP contribution in [0.5, 0.6) is 11.5 Å². The predicted octanol–water partition coefficient (Wildman–Crippen LogP) is 2.63. The molecule has 1 amide bonds. The summed E-state index contributed by atoms with van der Waals surface area (Å²) in [5, 5.41) is 13.5. The largest absolute Gasteiger partial charge is 0.486 e. The highest BCUT2D eigenvalue weighted by Crippen LogP contribution is 2.38. The maximum atomic E-state index is 11.8. The van der Waals surface area contributed by atoms with Gasteiger partial charge in [0.1, 0.15) is 30.5 Å².